The first-order valence-electron chi connectivity index (χ1n) is 7.54. The van der Waals surface area contributed by atoms with Crippen molar-refractivity contribution in [2.24, 2.45) is 5.73 Å². The number of primary amides is 1. The molecule has 6 nitrogen and oxygen atoms in total. The van der Waals surface area contributed by atoms with Crippen LogP contribution < -0.4 is 5.73 Å². The van der Waals surface area contributed by atoms with Crippen molar-refractivity contribution in [1.82, 2.24) is 15.1 Å². The van der Waals surface area contributed by atoms with Crippen molar-refractivity contribution in [3.05, 3.63) is 41.6 Å². The largest absolute Gasteiger partial charge is 0.380 e. The predicted octanol–water partition coefficient (Wildman–Crippen LogP) is 1.43. The Hall–Kier alpha value is -2.32. The van der Waals surface area contributed by atoms with E-state index in [1.54, 1.807) is 7.11 Å². The molecule has 128 valence electrons. The van der Waals surface area contributed by atoms with E-state index in [4.69, 9.17) is 10.5 Å². The highest BCUT2D eigenvalue weighted by atomic mass is 19.1. The number of nitrogens with zero attached hydrogens (tertiary/aromatic N) is 2. The molecule has 1 aromatic heterocycles. The Labute approximate surface area is 137 Å². The standard InChI is InChI=1S/C16H18F2N4O2/c1-24-10-5-13(16(19)23)22(8-10)7-9-6-20-21-15(9)14-11(17)3-2-4-12(14)18/h2-4,6,10,13H,5,7-8H2,1H3,(H2,19,23)(H,20,21)/t10-,13-/m0/s1. The van der Waals surface area contributed by atoms with Crippen LogP contribution in [0.2, 0.25) is 0 Å². The zero-order valence-electron chi connectivity index (χ0n) is 13.1. The van der Waals surface area contributed by atoms with Crippen LogP contribution in [0.15, 0.2) is 24.4 Å². The lowest BCUT2D eigenvalue weighted by molar-refractivity contribution is -0.122. The van der Waals surface area contributed by atoms with Crippen molar-refractivity contribution >= 4 is 5.91 Å². The summed E-state index contributed by atoms with van der Waals surface area (Å²) in [7, 11) is 1.57. The second kappa shape index (κ2) is 6.66. The van der Waals surface area contributed by atoms with E-state index in [1.807, 2.05) is 4.90 Å². The fourth-order valence-electron chi connectivity index (χ4n) is 3.11. The number of nitrogens with two attached hydrogens (primary N) is 1. The molecular formula is C16H18F2N4O2. The van der Waals surface area contributed by atoms with E-state index in [0.717, 1.165) is 0 Å². The predicted molar refractivity (Wildman–Crippen MR) is 82.7 cm³/mol. The molecule has 2 heterocycles. The molecule has 0 unspecified atom stereocenters. The van der Waals surface area contributed by atoms with E-state index in [2.05, 4.69) is 10.2 Å². The number of rotatable bonds is 5. The van der Waals surface area contributed by atoms with Gasteiger partial charge in [0.15, 0.2) is 0 Å². The molecule has 1 aliphatic heterocycles. The van der Waals surface area contributed by atoms with Crippen LogP contribution >= 0.6 is 0 Å². The van der Waals surface area contributed by atoms with Gasteiger partial charge in [0.25, 0.3) is 0 Å². The first-order chi connectivity index (χ1) is 11.5. The summed E-state index contributed by atoms with van der Waals surface area (Å²) in [5.74, 6) is -1.80. The molecule has 8 heteroatoms. The summed E-state index contributed by atoms with van der Waals surface area (Å²) in [6, 6.07) is 3.19. The quantitative estimate of drug-likeness (QED) is 0.865. The third-order valence-electron chi connectivity index (χ3n) is 4.33. The van der Waals surface area contributed by atoms with Crippen LogP contribution in [0.4, 0.5) is 8.78 Å². The lowest BCUT2D eigenvalue weighted by Crippen LogP contribution is -2.39. The van der Waals surface area contributed by atoms with Crippen LogP contribution in [0.5, 0.6) is 0 Å². The number of nitrogens with one attached hydrogen (secondary N) is 1. The Morgan fingerprint density at radius 1 is 1.46 bits per heavy atom. The second-order valence-corrected chi connectivity index (χ2v) is 5.81. The average Bonchev–Trinajstić information content (AvgIpc) is 3.15. The number of hydrogen-bond acceptors (Lipinski definition) is 4. The number of methoxy groups -OCH3 is 1. The van der Waals surface area contributed by atoms with Gasteiger partial charge in [0.05, 0.1) is 29.6 Å². The number of amides is 1. The Morgan fingerprint density at radius 2 is 2.17 bits per heavy atom. The Balaban J connectivity index is 1.90. The number of ether oxygens (including phenoxy) is 1. The maximum absolute atomic E-state index is 14.0. The molecule has 0 aliphatic carbocycles. The molecule has 24 heavy (non-hydrogen) atoms. The molecule has 3 N–H and O–H groups in total. The number of aromatic amines is 1. The molecule has 1 amide bonds. The summed E-state index contributed by atoms with van der Waals surface area (Å²) >= 11 is 0. The van der Waals surface area contributed by atoms with Crippen LogP contribution in [-0.2, 0) is 16.1 Å². The van der Waals surface area contributed by atoms with Crippen molar-refractivity contribution in [3.8, 4) is 11.3 Å². The van der Waals surface area contributed by atoms with Crippen LogP contribution in [0, 0.1) is 11.6 Å². The lowest BCUT2D eigenvalue weighted by Gasteiger charge is -2.21. The van der Waals surface area contributed by atoms with Gasteiger partial charge in [-0.2, -0.15) is 5.10 Å². The zero-order valence-corrected chi connectivity index (χ0v) is 13.1. The maximum Gasteiger partial charge on any atom is 0.234 e. The van der Waals surface area contributed by atoms with Crippen molar-refractivity contribution in [1.29, 1.82) is 0 Å². The molecular weight excluding hydrogens is 318 g/mol. The third kappa shape index (κ3) is 3.02. The monoisotopic (exact) mass is 336 g/mol. The van der Waals surface area contributed by atoms with E-state index in [9.17, 15) is 13.6 Å². The van der Waals surface area contributed by atoms with E-state index in [-0.39, 0.29) is 23.9 Å². The number of halogens is 2. The molecule has 2 aromatic rings. The number of benzene rings is 1. The second-order valence-electron chi connectivity index (χ2n) is 5.81. The van der Waals surface area contributed by atoms with Gasteiger partial charge in [-0.1, -0.05) is 6.07 Å². The smallest absolute Gasteiger partial charge is 0.234 e. The van der Waals surface area contributed by atoms with Gasteiger partial charge in [-0.25, -0.2) is 8.78 Å². The molecule has 0 saturated carbocycles. The van der Waals surface area contributed by atoms with Gasteiger partial charge in [-0.15, -0.1) is 0 Å². The first-order valence-corrected chi connectivity index (χ1v) is 7.54. The highest BCUT2D eigenvalue weighted by Gasteiger charge is 2.36. The lowest BCUT2D eigenvalue weighted by atomic mass is 10.1. The van der Waals surface area contributed by atoms with Crippen molar-refractivity contribution in [2.45, 2.75) is 25.1 Å². The van der Waals surface area contributed by atoms with Gasteiger partial charge in [0.1, 0.15) is 11.6 Å². The number of hydrogen-bond donors (Lipinski definition) is 2. The summed E-state index contributed by atoms with van der Waals surface area (Å²) in [6.45, 7) is 0.793. The molecule has 1 aromatic carbocycles. The number of H-pyrrole nitrogens is 1. The minimum absolute atomic E-state index is 0.108. The van der Waals surface area contributed by atoms with Gasteiger partial charge in [0, 0.05) is 25.8 Å². The van der Waals surface area contributed by atoms with Crippen molar-refractivity contribution in [2.75, 3.05) is 13.7 Å². The van der Waals surface area contributed by atoms with Gasteiger partial charge in [-0.05, 0) is 18.6 Å². The average molecular weight is 336 g/mol. The number of carbonyl (C=O) groups is 1. The van der Waals surface area contributed by atoms with E-state index in [0.29, 0.717) is 18.5 Å². The molecule has 3 rings (SSSR count). The Kier molecular flexibility index (Phi) is 4.59. The normalized spacial score (nSPS) is 21.3. The van der Waals surface area contributed by atoms with Crippen LogP contribution in [0.25, 0.3) is 11.3 Å². The summed E-state index contributed by atoms with van der Waals surface area (Å²) in [5, 5.41) is 6.54. The van der Waals surface area contributed by atoms with E-state index < -0.39 is 23.6 Å². The van der Waals surface area contributed by atoms with Gasteiger partial charge >= 0.3 is 0 Å². The number of aromatic nitrogens is 2. The SMILES string of the molecule is CO[C@H]1C[C@@H](C(N)=O)N(Cc2cn[nH]c2-c2c(F)cccc2F)C1. The molecule has 0 radical (unpaired) electrons. The van der Waals surface area contributed by atoms with Gasteiger partial charge in [0.2, 0.25) is 5.91 Å². The summed E-state index contributed by atoms with van der Waals surface area (Å²) in [4.78, 5) is 13.5. The van der Waals surface area contributed by atoms with E-state index in [1.165, 1.54) is 24.4 Å². The first kappa shape index (κ1) is 16.5. The van der Waals surface area contributed by atoms with Crippen LogP contribution in [0.1, 0.15) is 12.0 Å². The molecule has 1 aliphatic rings. The highest BCUT2D eigenvalue weighted by Crippen LogP contribution is 2.30. The Morgan fingerprint density at radius 3 is 2.79 bits per heavy atom. The van der Waals surface area contributed by atoms with Crippen LogP contribution in [-0.4, -0.2) is 46.8 Å². The fourth-order valence-corrected chi connectivity index (χ4v) is 3.11. The van der Waals surface area contributed by atoms with Gasteiger partial charge in [-0.3, -0.25) is 14.8 Å². The maximum atomic E-state index is 14.0. The number of likely N-dealkylation sites (tertiary alicyclic amines) is 1. The molecule has 1 fully saturated rings. The van der Waals surface area contributed by atoms with E-state index >= 15 is 0 Å². The number of carbonyl (C=O) groups excluding carboxylic acids is 1. The van der Waals surface area contributed by atoms with Crippen molar-refractivity contribution < 1.29 is 18.3 Å². The molecule has 2 atom stereocenters. The fraction of sp³-hybridized carbons (Fsp3) is 0.375. The van der Waals surface area contributed by atoms with Crippen LogP contribution in [0.3, 0.4) is 0 Å². The molecule has 0 spiro atoms. The third-order valence-corrected chi connectivity index (χ3v) is 4.33. The van der Waals surface area contributed by atoms with Gasteiger partial charge < -0.3 is 10.5 Å². The summed E-state index contributed by atoms with van der Waals surface area (Å²) < 4.78 is 33.4. The summed E-state index contributed by atoms with van der Waals surface area (Å²) in [6.07, 6.45) is 1.88. The molecule has 0 bridgehead atoms. The topological polar surface area (TPSA) is 84.2 Å². The molecule has 1 saturated heterocycles. The minimum Gasteiger partial charge on any atom is -0.380 e. The highest BCUT2D eigenvalue weighted by molar-refractivity contribution is 5.80. The Bertz CT molecular complexity index is 729. The zero-order chi connectivity index (χ0) is 17.3. The minimum atomic E-state index is -0.678. The summed E-state index contributed by atoms with van der Waals surface area (Å²) in [5.41, 5.74) is 6.13. The van der Waals surface area contributed by atoms with Crippen molar-refractivity contribution in [3.63, 3.8) is 0 Å².